The van der Waals surface area contributed by atoms with Crippen LogP contribution in [0.4, 0.5) is 0 Å². The average Bonchev–Trinajstić information content (AvgIpc) is 2.03. The van der Waals surface area contributed by atoms with Gasteiger partial charge >= 0.3 is 0 Å². The van der Waals surface area contributed by atoms with E-state index < -0.39 is 0 Å². The minimum Gasteiger partial charge on any atom is -0.335 e. The van der Waals surface area contributed by atoms with Crippen LogP contribution in [0.25, 0.3) is 0 Å². The third-order valence-electron chi connectivity index (χ3n) is 1.26. The summed E-state index contributed by atoms with van der Waals surface area (Å²) in [5.41, 5.74) is 0. The Bertz CT molecular complexity index is 142. The summed E-state index contributed by atoms with van der Waals surface area (Å²) in [4.78, 5) is 12.7. The van der Waals surface area contributed by atoms with Crippen molar-refractivity contribution in [1.29, 1.82) is 0 Å². The third kappa shape index (κ3) is 3.61. The Morgan fingerprint density at radius 1 is 1.36 bits per heavy atom. The summed E-state index contributed by atoms with van der Waals surface area (Å²) in [6.07, 6.45) is 4.93. The van der Waals surface area contributed by atoms with Crippen molar-refractivity contribution in [3.63, 3.8) is 0 Å². The smallest absolute Gasteiger partial charge is 0.226 e. The lowest BCUT2D eigenvalue weighted by Gasteiger charge is -2.17. The third-order valence-corrected chi connectivity index (χ3v) is 1.26. The highest BCUT2D eigenvalue weighted by Gasteiger charge is 2.06. The van der Waals surface area contributed by atoms with E-state index in [1.54, 1.807) is 24.0 Å². The SMILES string of the molecule is C=CCN(CC=C)C(=O)[CH]C. The summed E-state index contributed by atoms with van der Waals surface area (Å²) in [6, 6.07) is 0. The van der Waals surface area contributed by atoms with Gasteiger partial charge in [0.1, 0.15) is 0 Å². The van der Waals surface area contributed by atoms with Crippen molar-refractivity contribution in [3.05, 3.63) is 31.7 Å². The molecule has 0 saturated heterocycles. The van der Waals surface area contributed by atoms with Gasteiger partial charge in [-0.3, -0.25) is 4.79 Å². The Morgan fingerprint density at radius 2 is 1.82 bits per heavy atom. The van der Waals surface area contributed by atoms with E-state index >= 15 is 0 Å². The van der Waals surface area contributed by atoms with Gasteiger partial charge in [0.15, 0.2) is 0 Å². The van der Waals surface area contributed by atoms with Gasteiger partial charge in [-0.2, -0.15) is 0 Å². The zero-order chi connectivity index (χ0) is 8.69. The van der Waals surface area contributed by atoms with Crippen molar-refractivity contribution in [2.45, 2.75) is 6.92 Å². The molecular weight excluding hydrogens is 138 g/mol. The highest BCUT2D eigenvalue weighted by Crippen LogP contribution is 1.92. The molecule has 2 nitrogen and oxygen atoms in total. The molecule has 0 saturated carbocycles. The molecule has 0 N–H and O–H groups in total. The molecular formula is C9H14NO. The van der Waals surface area contributed by atoms with Crippen LogP contribution in [-0.4, -0.2) is 23.9 Å². The molecule has 0 fully saturated rings. The van der Waals surface area contributed by atoms with E-state index in [1.165, 1.54) is 6.42 Å². The maximum atomic E-state index is 11.1. The summed E-state index contributed by atoms with van der Waals surface area (Å²) >= 11 is 0. The quantitative estimate of drug-likeness (QED) is 0.545. The molecule has 11 heavy (non-hydrogen) atoms. The Labute approximate surface area is 68.2 Å². The molecule has 1 radical (unpaired) electrons. The van der Waals surface area contributed by atoms with Crippen molar-refractivity contribution in [3.8, 4) is 0 Å². The van der Waals surface area contributed by atoms with E-state index in [1.807, 2.05) is 0 Å². The lowest BCUT2D eigenvalue weighted by atomic mass is 10.3. The van der Waals surface area contributed by atoms with E-state index in [2.05, 4.69) is 13.2 Å². The van der Waals surface area contributed by atoms with Crippen LogP contribution < -0.4 is 0 Å². The number of hydrogen-bond acceptors (Lipinski definition) is 1. The van der Waals surface area contributed by atoms with Gasteiger partial charge in [0.2, 0.25) is 5.91 Å². The van der Waals surface area contributed by atoms with Crippen molar-refractivity contribution in [1.82, 2.24) is 4.90 Å². The monoisotopic (exact) mass is 152 g/mol. The number of amides is 1. The molecule has 0 aromatic rings. The first-order valence-corrected chi connectivity index (χ1v) is 3.56. The van der Waals surface area contributed by atoms with Gasteiger partial charge in [0, 0.05) is 19.5 Å². The Kier molecular flexibility index (Phi) is 5.17. The van der Waals surface area contributed by atoms with Crippen LogP contribution in [0.1, 0.15) is 6.92 Å². The number of carbonyl (C=O) groups is 1. The topological polar surface area (TPSA) is 20.3 Å². The van der Waals surface area contributed by atoms with Crippen LogP contribution in [0.2, 0.25) is 0 Å². The summed E-state index contributed by atoms with van der Waals surface area (Å²) in [5.74, 6) is 0.0183. The van der Waals surface area contributed by atoms with E-state index in [-0.39, 0.29) is 5.91 Å². The van der Waals surface area contributed by atoms with Crippen LogP contribution in [0, 0.1) is 6.42 Å². The number of nitrogens with zero attached hydrogens (tertiary/aromatic N) is 1. The Morgan fingerprint density at radius 3 is 2.09 bits per heavy atom. The first-order chi connectivity index (χ1) is 5.26. The Balaban J connectivity index is 3.95. The zero-order valence-corrected chi connectivity index (χ0v) is 6.92. The molecule has 1 amide bonds. The van der Waals surface area contributed by atoms with E-state index in [0.29, 0.717) is 13.1 Å². The van der Waals surface area contributed by atoms with E-state index in [4.69, 9.17) is 0 Å². The summed E-state index contributed by atoms with van der Waals surface area (Å²) in [7, 11) is 0. The molecule has 0 bridgehead atoms. The van der Waals surface area contributed by atoms with Gasteiger partial charge in [-0.1, -0.05) is 19.1 Å². The maximum absolute atomic E-state index is 11.1. The second-order valence-electron chi connectivity index (χ2n) is 2.11. The van der Waals surface area contributed by atoms with Crippen LogP contribution >= 0.6 is 0 Å². The van der Waals surface area contributed by atoms with Crippen LogP contribution in [0.3, 0.4) is 0 Å². The van der Waals surface area contributed by atoms with Gasteiger partial charge in [-0.15, -0.1) is 13.2 Å². The second kappa shape index (κ2) is 5.71. The molecule has 0 unspecified atom stereocenters. The second-order valence-corrected chi connectivity index (χ2v) is 2.11. The average molecular weight is 152 g/mol. The molecule has 0 rings (SSSR count). The molecule has 0 aromatic carbocycles. The molecule has 0 heterocycles. The van der Waals surface area contributed by atoms with E-state index in [9.17, 15) is 4.79 Å². The number of rotatable bonds is 5. The van der Waals surface area contributed by atoms with Crippen molar-refractivity contribution in [2.24, 2.45) is 0 Å². The van der Waals surface area contributed by atoms with Crippen LogP contribution in [0.5, 0.6) is 0 Å². The normalized spacial score (nSPS) is 8.82. The lowest BCUT2D eigenvalue weighted by molar-refractivity contribution is -0.126. The van der Waals surface area contributed by atoms with Crippen molar-refractivity contribution in [2.75, 3.05) is 13.1 Å². The van der Waals surface area contributed by atoms with Gasteiger partial charge in [0.25, 0.3) is 0 Å². The molecule has 2 heteroatoms. The van der Waals surface area contributed by atoms with Crippen molar-refractivity contribution >= 4 is 5.91 Å². The van der Waals surface area contributed by atoms with Crippen LogP contribution in [0.15, 0.2) is 25.3 Å². The minimum atomic E-state index is 0.0183. The van der Waals surface area contributed by atoms with Gasteiger partial charge < -0.3 is 4.90 Å². The van der Waals surface area contributed by atoms with Gasteiger partial charge in [-0.05, 0) is 0 Å². The number of hydrogen-bond donors (Lipinski definition) is 0. The van der Waals surface area contributed by atoms with E-state index in [0.717, 1.165) is 0 Å². The number of carbonyl (C=O) groups excluding carboxylic acids is 1. The minimum absolute atomic E-state index is 0.0183. The maximum Gasteiger partial charge on any atom is 0.226 e. The molecule has 0 spiro atoms. The first kappa shape index (κ1) is 9.95. The molecule has 0 aliphatic rings. The molecule has 0 aliphatic heterocycles. The fraction of sp³-hybridized carbons (Fsp3) is 0.333. The summed E-state index contributed by atoms with van der Waals surface area (Å²) in [6.45, 7) is 10.00. The predicted molar refractivity (Wildman–Crippen MR) is 46.9 cm³/mol. The fourth-order valence-electron chi connectivity index (χ4n) is 0.749. The highest BCUT2D eigenvalue weighted by molar-refractivity contribution is 5.84. The molecule has 0 atom stereocenters. The predicted octanol–water partition coefficient (Wildman–Crippen LogP) is 1.41. The molecule has 0 aromatic heterocycles. The van der Waals surface area contributed by atoms with Crippen LogP contribution in [-0.2, 0) is 4.79 Å². The zero-order valence-electron chi connectivity index (χ0n) is 6.92. The first-order valence-electron chi connectivity index (χ1n) is 3.56. The summed E-state index contributed by atoms with van der Waals surface area (Å²) in [5, 5.41) is 0. The fourth-order valence-corrected chi connectivity index (χ4v) is 0.749. The molecule has 61 valence electrons. The van der Waals surface area contributed by atoms with Gasteiger partial charge in [-0.25, -0.2) is 0 Å². The summed E-state index contributed by atoms with van der Waals surface area (Å²) < 4.78 is 0. The standard InChI is InChI=1S/C9H14NO/c1-4-7-10(8-5-2)9(11)6-3/h4-6H,1-2,7-8H2,3H3. The highest BCUT2D eigenvalue weighted by atomic mass is 16.2. The van der Waals surface area contributed by atoms with Gasteiger partial charge in [0.05, 0.1) is 0 Å². The largest absolute Gasteiger partial charge is 0.335 e. The van der Waals surface area contributed by atoms with Crippen molar-refractivity contribution < 1.29 is 4.79 Å². The molecule has 0 aliphatic carbocycles. The lowest BCUT2D eigenvalue weighted by Crippen LogP contribution is -2.30. The Hall–Kier alpha value is -1.05.